The SMILES string of the molecule is CCC1(N2CCN(S(=O)(=O)c3ccc(Cl)cc3C)CC2)CCN(C(=O)C(C)C)C1. The van der Waals surface area contributed by atoms with Gasteiger partial charge in [-0.2, -0.15) is 4.31 Å². The number of sulfonamides is 1. The number of hydrogen-bond acceptors (Lipinski definition) is 4. The fourth-order valence-corrected chi connectivity index (χ4v) is 6.48. The lowest BCUT2D eigenvalue weighted by Crippen LogP contribution is -2.59. The predicted octanol–water partition coefficient (Wildman–Crippen LogP) is 2.99. The van der Waals surface area contributed by atoms with Gasteiger partial charge in [0.1, 0.15) is 0 Å². The third kappa shape index (κ3) is 4.33. The fourth-order valence-electron chi connectivity index (χ4n) is 4.62. The lowest BCUT2D eigenvalue weighted by atomic mass is 9.92. The van der Waals surface area contributed by atoms with E-state index in [2.05, 4.69) is 11.8 Å². The summed E-state index contributed by atoms with van der Waals surface area (Å²) in [6.45, 7) is 11.6. The van der Waals surface area contributed by atoms with E-state index in [9.17, 15) is 13.2 Å². The third-order valence-electron chi connectivity index (χ3n) is 6.46. The van der Waals surface area contributed by atoms with E-state index >= 15 is 0 Å². The maximum atomic E-state index is 13.1. The Bertz CT molecular complexity index is 866. The van der Waals surface area contributed by atoms with E-state index in [0.29, 0.717) is 41.7 Å². The topological polar surface area (TPSA) is 60.9 Å². The Labute approximate surface area is 179 Å². The first-order valence-corrected chi connectivity index (χ1v) is 12.2. The second-order valence-electron chi connectivity index (χ2n) is 8.54. The average Bonchev–Trinajstić information content (AvgIpc) is 3.13. The van der Waals surface area contributed by atoms with E-state index in [1.807, 2.05) is 18.7 Å². The molecule has 0 aromatic heterocycles. The fraction of sp³-hybridized carbons (Fsp3) is 0.667. The summed E-state index contributed by atoms with van der Waals surface area (Å²) in [4.78, 5) is 17.2. The number of carbonyl (C=O) groups is 1. The highest BCUT2D eigenvalue weighted by Crippen LogP contribution is 2.34. The number of carbonyl (C=O) groups excluding carboxylic acids is 1. The maximum absolute atomic E-state index is 13.1. The molecule has 0 spiro atoms. The molecule has 8 heteroatoms. The van der Waals surface area contributed by atoms with Crippen LogP contribution in [0.15, 0.2) is 23.1 Å². The van der Waals surface area contributed by atoms with Gasteiger partial charge in [-0.25, -0.2) is 8.42 Å². The van der Waals surface area contributed by atoms with Crippen molar-refractivity contribution in [3.05, 3.63) is 28.8 Å². The molecule has 2 aliphatic rings. The van der Waals surface area contributed by atoms with Gasteiger partial charge in [0, 0.05) is 55.7 Å². The van der Waals surface area contributed by atoms with Crippen LogP contribution < -0.4 is 0 Å². The molecule has 2 aliphatic heterocycles. The minimum Gasteiger partial charge on any atom is -0.341 e. The minimum absolute atomic E-state index is 0.00672. The Morgan fingerprint density at radius 1 is 1.17 bits per heavy atom. The summed E-state index contributed by atoms with van der Waals surface area (Å²) in [6, 6.07) is 4.91. The van der Waals surface area contributed by atoms with Gasteiger partial charge in [-0.05, 0) is 43.5 Å². The zero-order chi connectivity index (χ0) is 21.4. The Balaban J connectivity index is 1.70. The van der Waals surface area contributed by atoms with Crippen LogP contribution in [-0.4, -0.2) is 73.2 Å². The van der Waals surface area contributed by atoms with Crippen molar-refractivity contribution in [3.8, 4) is 0 Å². The van der Waals surface area contributed by atoms with Crippen LogP contribution in [-0.2, 0) is 14.8 Å². The van der Waals surface area contributed by atoms with Crippen molar-refractivity contribution in [2.45, 2.75) is 51.0 Å². The number of hydrogen-bond donors (Lipinski definition) is 0. The molecule has 1 aromatic rings. The summed E-state index contributed by atoms with van der Waals surface area (Å²) in [6.07, 6.45) is 1.91. The number of halogens is 1. The van der Waals surface area contributed by atoms with E-state index in [-0.39, 0.29) is 17.4 Å². The quantitative estimate of drug-likeness (QED) is 0.704. The summed E-state index contributed by atoms with van der Waals surface area (Å²) >= 11 is 5.99. The van der Waals surface area contributed by atoms with Gasteiger partial charge in [0.25, 0.3) is 0 Å². The zero-order valence-electron chi connectivity index (χ0n) is 17.8. The number of piperazine rings is 1. The van der Waals surface area contributed by atoms with Crippen LogP contribution in [0.5, 0.6) is 0 Å². The number of nitrogens with zero attached hydrogens (tertiary/aromatic N) is 3. The van der Waals surface area contributed by atoms with Crippen molar-refractivity contribution in [3.63, 3.8) is 0 Å². The molecule has 0 N–H and O–H groups in total. The van der Waals surface area contributed by atoms with Crippen molar-refractivity contribution in [1.29, 1.82) is 0 Å². The number of rotatable bonds is 5. The lowest BCUT2D eigenvalue weighted by Gasteiger charge is -2.45. The summed E-state index contributed by atoms with van der Waals surface area (Å²) < 4.78 is 27.8. The van der Waals surface area contributed by atoms with Crippen LogP contribution in [0.4, 0.5) is 0 Å². The van der Waals surface area contributed by atoms with Gasteiger partial charge >= 0.3 is 0 Å². The molecular formula is C21H32ClN3O3S. The molecule has 1 atom stereocenters. The van der Waals surface area contributed by atoms with Crippen LogP contribution in [0.2, 0.25) is 5.02 Å². The van der Waals surface area contributed by atoms with Crippen LogP contribution in [0.3, 0.4) is 0 Å². The van der Waals surface area contributed by atoms with E-state index in [1.165, 1.54) is 0 Å². The Hall–Kier alpha value is -1.15. The second kappa shape index (κ2) is 8.53. The molecule has 2 saturated heterocycles. The highest BCUT2D eigenvalue weighted by Gasteiger charge is 2.45. The maximum Gasteiger partial charge on any atom is 0.243 e. The van der Waals surface area contributed by atoms with Gasteiger partial charge in [0.2, 0.25) is 15.9 Å². The summed E-state index contributed by atoms with van der Waals surface area (Å²) in [5.74, 6) is 0.215. The van der Waals surface area contributed by atoms with Crippen LogP contribution >= 0.6 is 11.6 Å². The normalized spacial score (nSPS) is 24.4. The summed E-state index contributed by atoms with van der Waals surface area (Å²) in [7, 11) is -3.53. The summed E-state index contributed by atoms with van der Waals surface area (Å²) in [5, 5.41) is 0.540. The molecule has 2 fully saturated rings. The summed E-state index contributed by atoms with van der Waals surface area (Å²) in [5.41, 5.74) is 0.625. The number of amides is 1. The molecule has 0 radical (unpaired) electrons. The standard InChI is InChI=1S/C21H32ClN3O3S/c1-5-21(8-9-23(15-21)20(26)16(2)3)24-10-12-25(13-11-24)29(27,28)19-7-6-18(22)14-17(19)4/h6-7,14,16H,5,8-13,15H2,1-4H3. The van der Waals surface area contributed by atoms with Crippen LogP contribution in [0, 0.1) is 12.8 Å². The van der Waals surface area contributed by atoms with Crippen molar-refractivity contribution in [2.75, 3.05) is 39.3 Å². The van der Waals surface area contributed by atoms with E-state index < -0.39 is 10.0 Å². The third-order valence-corrected chi connectivity index (χ3v) is 8.75. The highest BCUT2D eigenvalue weighted by molar-refractivity contribution is 7.89. The largest absolute Gasteiger partial charge is 0.341 e. The monoisotopic (exact) mass is 441 g/mol. The lowest BCUT2D eigenvalue weighted by molar-refractivity contribution is -0.134. The molecule has 1 unspecified atom stereocenters. The van der Waals surface area contributed by atoms with Crippen molar-refractivity contribution >= 4 is 27.5 Å². The van der Waals surface area contributed by atoms with E-state index in [1.54, 1.807) is 29.4 Å². The van der Waals surface area contributed by atoms with Gasteiger partial charge in [-0.15, -0.1) is 0 Å². The molecule has 3 rings (SSSR count). The minimum atomic E-state index is -3.53. The molecule has 0 aliphatic carbocycles. The van der Waals surface area contributed by atoms with Gasteiger partial charge in [-0.3, -0.25) is 9.69 Å². The molecule has 2 heterocycles. The van der Waals surface area contributed by atoms with Gasteiger partial charge in [0.15, 0.2) is 0 Å². The Morgan fingerprint density at radius 2 is 1.83 bits per heavy atom. The van der Waals surface area contributed by atoms with Crippen LogP contribution in [0.25, 0.3) is 0 Å². The Morgan fingerprint density at radius 3 is 2.38 bits per heavy atom. The molecule has 0 bridgehead atoms. The first-order valence-electron chi connectivity index (χ1n) is 10.4. The molecule has 6 nitrogen and oxygen atoms in total. The Kier molecular flexibility index (Phi) is 6.63. The van der Waals surface area contributed by atoms with Gasteiger partial charge in [0.05, 0.1) is 4.90 Å². The van der Waals surface area contributed by atoms with Crippen molar-refractivity contribution < 1.29 is 13.2 Å². The second-order valence-corrected chi connectivity index (χ2v) is 10.9. The number of benzene rings is 1. The number of aryl methyl sites for hydroxylation is 1. The smallest absolute Gasteiger partial charge is 0.243 e. The van der Waals surface area contributed by atoms with E-state index in [4.69, 9.17) is 11.6 Å². The number of likely N-dealkylation sites (tertiary alicyclic amines) is 1. The first-order chi connectivity index (χ1) is 13.6. The highest BCUT2D eigenvalue weighted by atomic mass is 35.5. The molecular weight excluding hydrogens is 410 g/mol. The van der Waals surface area contributed by atoms with Crippen molar-refractivity contribution in [1.82, 2.24) is 14.1 Å². The van der Waals surface area contributed by atoms with Gasteiger partial charge in [-0.1, -0.05) is 32.4 Å². The van der Waals surface area contributed by atoms with Crippen molar-refractivity contribution in [2.24, 2.45) is 5.92 Å². The molecule has 29 heavy (non-hydrogen) atoms. The zero-order valence-corrected chi connectivity index (χ0v) is 19.4. The molecule has 0 saturated carbocycles. The molecule has 1 amide bonds. The van der Waals surface area contributed by atoms with E-state index in [0.717, 1.165) is 25.9 Å². The molecule has 1 aromatic carbocycles. The van der Waals surface area contributed by atoms with Crippen LogP contribution in [0.1, 0.15) is 39.2 Å². The average molecular weight is 442 g/mol. The predicted molar refractivity (Wildman–Crippen MR) is 116 cm³/mol. The molecule has 162 valence electrons. The first kappa shape index (κ1) is 22.5. The van der Waals surface area contributed by atoms with Gasteiger partial charge < -0.3 is 4.90 Å².